The molecule has 1 aromatic carbocycles. The number of nitrogens with zero attached hydrogens (tertiary/aromatic N) is 3. The van der Waals surface area contributed by atoms with Gasteiger partial charge in [-0.15, -0.1) is 0 Å². The third kappa shape index (κ3) is 6.10. The number of rotatable bonds is 9. The summed E-state index contributed by atoms with van der Waals surface area (Å²) in [6.45, 7) is 7.39. The summed E-state index contributed by atoms with van der Waals surface area (Å²) in [5.74, 6) is -3.49. The Labute approximate surface area is 202 Å². The van der Waals surface area contributed by atoms with Gasteiger partial charge in [0.2, 0.25) is 0 Å². The molecule has 0 bridgehead atoms. The van der Waals surface area contributed by atoms with Crippen LogP contribution in [0.4, 0.5) is 14.5 Å². The van der Waals surface area contributed by atoms with Crippen LogP contribution in [-0.4, -0.2) is 23.4 Å². The Hall–Kier alpha value is -3.02. The van der Waals surface area contributed by atoms with Gasteiger partial charge in [-0.25, -0.2) is 13.8 Å². The number of anilines is 1. The first-order chi connectivity index (χ1) is 16.2. The molecule has 4 nitrogen and oxygen atoms in total. The van der Waals surface area contributed by atoms with Gasteiger partial charge in [-0.1, -0.05) is 76.6 Å². The van der Waals surface area contributed by atoms with Gasteiger partial charge in [-0.2, -0.15) is 5.10 Å². The van der Waals surface area contributed by atoms with Crippen molar-refractivity contribution in [3.05, 3.63) is 78.7 Å². The standard InChI is InChI=1S/C28H36F2N4/c1-5-15-27(4)16-18-34(24-13-9-10-22(19-24)20-28(29,30)21(2)3)33-26(27)25(14-17-31)32-23-11-7-6-8-12-23/h6-11,13-14,16-19,21,23H,5,12,15,20,31H2,1-4H3. The maximum atomic E-state index is 14.4. The van der Waals surface area contributed by atoms with Gasteiger partial charge in [0.05, 0.1) is 23.2 Å². The van der Waals surface area contributed by atoms with Crippen LogP contribution in [-0.2, 0) is 6.42 Å². The first-order valence-electron chi connectivity index (χ1n) is 12.0. The van der Waals surface area contributed by atoms with Crippen molar-refractivity contribution in [2.24, 2.45) is 27.2 Å². The minimum atomic E-state index is -2.77. The molecule has 0 radical (unpaired) electrons. The van der Waals surface area contributed by atoms with E-state index in [2.05, 4.69) is 32.1 Å². The summed E-state index contributed by atoms with van der Waals surface area (Å²) in [6.07, 6.45) is 17.9. The number of hydrogen-bond acceptors (Lipinski definition) is 4. The lowest BCUT2D eigenvalue weighted by Gasteiger charge is -2.34. The molecule has 6 heteroatoms. The highest BCUT2D eigenvalue weighted by molar-refractivity contribution is 6.48. The van der Waals surface area contributed by atoms with E-state index >= 15 is 0 Å². The van der Waals surface area contributed by atoms with Crippen LogP contribution in [0.1, 0.15) is 52.5 Å². The van der Waals surface area contributed by atoms with Gasteiger partial charge in [-0.05, 0) is 42.8 Å². The molecule has 1 aromatic rings. The van der Waals surface area contributed by atoms with Crippen LogP contribution in [0.25, 0.3) is 0 Å². The highest BCUT2D eigenvalue weighted by Crippen LogP contribution is 2.35. The molecule has 2 aliphatic rings. The fraction of sp³-hybridized carbons (Fsp3) is 0.429. The lowest BCUT2D eigenvalue weighted by molar-refractivity contribution is -0.0439. The van der Waals surface area contributed by atoms with Gasteiger partial charge in [0.25, 0.3) is 5.92 Å². The van der Waals surface area contributed by atoms with Gasteiger partial charge < -0.3 is 5.73 Å². The van der Waals surface area contributed by atoms with Crippen molar-refractivity contribution in [3.63, 3.8) is 0 Å². The van der Waals surface area contributed by atoms with E-state index in [-0.39, 0.29) is 17.9 Å². The molecule has 0 saturated heterocycles. The molecule has 0 spiro atoms. The lowest BCUT2D eigenvalue weighted by atomic mass is 9.78. The van der Waals surface area contributed by atoms with Gasteiger partial charge in [-0.3, -0.25) is 4.99 Å². The van der Waals surface area contributed by atoms with Crippen LogP contribution >= 0.6 is 0 Å². The Kier molecular flexibility index (Phi) is 8.24. The zero-order chi connectivity index (χ0) is 24.8. The summed E-state index contributed by atoms with van der Waals surface area (Å²) < 4.78 is 28.7. The summed E-state index contributed by atoms with van der Waals surface area (Å²) in [6, 6.07) is 7.24. The molecule has 0 amide bonds. The Bertz CT molecular complexity index is 1030. The number of halogens is 2. The average Bonchev–Trinajstić information content (AvgIpc) is 2.80. The molecule has 34 heavy (non-hydrogen) atoms. The van der Waals surface area contributed by atoms with E-state index in [9.17, 15) is 8.78 Å². The van der Waals surface area contributed by atoms with E-state index in [1.807, 2.05) is 24.4 Å². The van der Waals surface area contributed by atoms with E-state index in [1.54, 1.807) is 43.1 Å². The minimum Gasteiger partial charge on any atom is -0.405 e. The van der Waals surface area contributed by atoms with Gasteiger partial charge in [0, 0.05) is 24.0 Å². The van der Waals surface area contributed by atoms with Gasteiger partial charge >= 0.3 is 0 Å². The molecule has 1 aliphatic carbocycles. The van der Waals surface area contributed by atoms with Crippen LogP contribution < -0.4 is 10.7 Å². The highest BCUT2D eigenvalue weighted by atomic mass is 19.3. The molecule has 0 saturated carbocycles. The number of nitrogens with two attached hydrogens (primary N) is 1. The summed E-state index contributed by atoms with van der Waals surface area (Å²) in [4.78, 5) is 4.96. The summed E-state index contributed by atoms with van der Waals surface area (Å²) in [7, 11) is 0. The predicted octanol–water partition coefficient (Wildman–Crippen LogP) is 6.81. The molecular formula is C28H36F2N4. The molecular weight excluding hydrogens is 430 g/mol. The molecule has 0 aromatic heterocycles. The zero-order valence-corrected chi connectivity index (χ0v) is 20.6. The Balaban J connectivity index is 2.00. The lowest BCUT2D eigenvalue weighted by Crippen LogP contribution is -2.38. The first kappa shape index (κ1) is 25.6. The topological polar surface area (TPSA) is 54.0 Å². The van der Waals surface area contributed by atoms with Crippen molar-refractivity contribution in [2.75, 3.05) is 5.01 Å². The van der Waals surface area contributed by atoms with Crippen molar-refractivity contribution >= 4 is 17.1 Å². The fourth-order valence-electron chi connectivity index (χ4n) is 4.18. The number of hydrazone groups is 1. The second kappa shape index (κ2) is 10.9. The maximum Gasteiger partial charge on any atom is 0.254 e. The third-order valence-corrected chi connectivity index (χ3v) is 6.32. The van der Waals surface area contributed by atoms with Crippen LogP contribution in [0.15, 0.2) is 83.2 Å². The number of benzene rings is 1. The molecule has 0 fully saturated rings. The van der Waals surface area contributed by atoms with Crippen molar-refractivity contribution in [1.82, 2.24) is 0 Å². The Morgan fingerprint density at radius 1 is 1.35 bits per heavy atom. The predicted molar refractivity (Wildman–Crippen MR) is 139 cm³/mol. The van der Waals surface area contributed by atoms with Crippen molar-refractivity contribution in [3.8, 4) is 0 Å². The number of aliphatic imine (C=N–C) groups is 1. The van der Waals surface area contributed by atoms with E-state index in [0.717, 1.165) is 36.4 Å². The van der Waals surface area contributed by atoms with Crippen LogP contribution in [0, 0.1) is 11.3 Å². The van der Waals surface area contributed by atoms with Gasteiger partial charge in [0.1, 0.15) is 0 Å². The van der Waals surface area contributed by atoms with E-state index in [1.165, 1.54) is 6.20 Å². The molecule has 2 unspecified atom stereocenters. The second-order valence-electron chi connectivity index (χ2n) is 9.53. The number of alkyl halides is 2. The van der Waals surface area contributed by atoms with Crippen LogP contribution in [0.3, 0.4) is 0 Å². The van der Waals surface area contributed by atoms with E-state index < -0.39 is 11.8 Å². The fourth-order valence-corrected chi connectivity index (χ4v) is 4.18. The van der Waals surface area contributed by atoms with Crippen LogP contribution in [0.5, 0.6) is 0 Å². The average molecular weight is 467 g/mol. The zero-order valence-electron chi connectivity index (χ0n) is 20.6. The van der Waals surface area contributed by atoms with Crippen LogP contribution in [0.2, 0.25) is 0 Å². The Morgan fingerprint density at radius 2 is 2.15 bits per heavy atom. The SMILES string of the molecule is CCCC1(C)C=CN(c2cccc(CC(F)(F)C(C)C)c2)N=C1C(C=CN)=NC1C=CC=CC1. The molecule has 2 N–H and O–H groups in total. The third-order valence-electron chi connectivity index (χ3n) is 6.32. The maximum absolute atomic E-state index is 14.4. The molecule has 182 valence electrons. The summed E-state index contributed by atoms with van der Waals surface area (Å²) in [5.41, 5.74) is 8.36. The minimum absolute atomic E-state index is 0.0192. The molecule has 1 aliphatic heterocycles. The quantitative estimate of drug-likeness (QED) is 0.406. The van der Waals surface area contributed by atoms with Crippen molar-refractivity contribution in [1.29, 1.82) is 0 Å². The van der Waals surface area contributed by atoms with Crippen molar-refractivity contribution < 1.29 is 8.78 Å². The molecule has 3 rings (SSSR count). The van der Waals surface area contributed by atoms with Crippen molar-refractivity contribution in [2.45, 2.75) is 65.3 Å². The summed E-state index contributed by atoms with van der Waals surface area (Å²) >= 11 is 0. The first-order valence-corrected chi connectivity index (χ1v) is 12.0. The number of allylic oxidation sites excluding steroid dienone is 4. The second-order valence-corrected chi connectivity index (χ2v) is 9.53. The molecule has 2 atom stereocenters. The normalized spacial score (nSPS) is 23.3. The van der Waals surface area contributed by atoms with E-state index in [4.69, 9.17) is 15.8 Å². The largest absolute Gasteiger partial charge is 0.405 e. The Morgan fingerprint density at radius 3 is 2.79 bits per heavy atom. The van der Waals surface area contributed by atoms with Gasteiger partial charge in [0.15, 0.2) is 0 Å². The number of hydrogen-bond donors (Lipinski definition) is 1. The monoisotopic (exact) mass is 466 g/mol. The summed E-state index contributed by atoms with van der Waals surface area (Å²) in [5, 5.41) is 6.73. The smallest absolute Gasteiger partial charge is 0.254 e. The highest BCUT2D eigenvalue weighted by Gasteiger charge is 2.35. The van der Waals surface area contributed by atoms with E-state index in [0.29, 0.717) is 5.56 Å². The molecule has 1 heterocycles.